The molecule has 0 aromatic carbocycles. The van der Waals surface area contributed by atoms with Gasteiger partial charge in [0, 0.05) is 28.5 Å². The van der Waals surface area contributed by atoms with E-state index in [-0.39, 0.29) is 12.1 Å². The van der Waals surface area contributed by atoms with Gasteiger partial charge < -0.3 is 15.4 Å². The molecule has 4 heterocycles. The Morgan fingerprint density at radius 2 is 2.14 bits per heavy atom. The van der Waals surface area contributed by atoms with Crippen LogP contribution in [-0.4, -0.2) is 25.4 Å². The van der Waals surface area contributed by atoms with Crippen LogP contribution in [0.25, 0.3) is 16.9 Å². The molecule has 0 atom stereocenters. The average molecular weight is 406 g/mol. The number of rotatable bonds is 4. The van der Waals surface area contributed by atoms with Crippen molar-refractivity contribution >= 4 is 22.9 Å². The monoisotopic (exact) mass is 406 g/mol. The van der Waals surface area contributed by atoms with E-state index in [4.69, 9.17) is 0 Å². The lowest BCUT2D eigenvalue weighted by atomic mass is 10.1. The van der Waals surface area contributed by atoms with E-state index in [2.05, 4.69) is 15.3 Å². The maximum absolute atomic E-state index is 13.6. The molecular weight excluding hydrogens is 393 g/mol. The number of carbonyl (C=O) groups is 1. The summed E-state index contributed by atoms with van der Waals surface area (Å²) in [4.78, 5) is 19.8. The molecule has 1 amide bonds. The molecule has 0 aliphatic carbocycles. The molecule has 0 unspecified atom stereocenters. The van der Waals surface area contributed by atoms with Crippen LogP contribution in [0.5, 0.6) is 5.88 Å². The van der Waals surface area contributed by atoms with Crippen molar-refractivity contribution in [2.24, 2.45) is 0 Å². The maximum atomic E-state index is 13.6. The molecule has 3 N–H and O–H groups in total. The van der Waals surface area contributed by atoms with E-state index in [1.807, 2.05) is 11.4 Å². The van der Waals surface area contributed by atoms with E-state index < -0.39 is 34.9 Å². The minimum atomic E-state index is -4.72. The van der Waals surface area contributed by atoms with Crippen molar-refractivity contribution in [2.45, 2.75) is 12.7 Å². The zero-order valence-corrected chi connectivity index (χ0v) is 14.9. The molecule has 0 saturated heterocycles. The van der Waals surface area contributed by atoms with Gasteiger partial charge in [0.15, 0.2) is 11.3 Å². The fourth-order valence-corrected chi connectivity index (χ4v) is 3.46. The predicted octanol–water partition coefficient (Wildman–Crippen LogP) is 4.05. The van der Waals surface area contributed by atoms with E-state index in [0.29, 0.717) is 5.69 Å². The Bertz CT molecular complexity index is 1130. The van der Waals surface area contributed by atoms with E-state index in [0.717, 1.165) is 15.3 Å². The number of nitrogens with one attached hydrogen (secondary N) is 2. The van der Waals surface area contributed by atoms with Crippen molar-refractivity contribution in [2.75, 3.05) is 0 Å². The van der Waals surface area contributed by atoms with Crippen LogP contribution in [0.15, 0.2) is 48.1 Å². The number of H-pyrrole nitrogens is 1. The lowest BCUT2D eigenvalue weighted by Gasteiger charge is -2.10. The second-order valence-electron chi connectivity index (χ2n) is 5.96. The number of thiophene rings is 1. The molecule has 4 aromatic heterocycles. The van der Waals surface area contributed by atoms with Gasteiger partial charge in [0.2, 0.25) is 5.88 Å². The number of aromatic amines is 1. The summed E-state index contributed by atoms with van der Waals surface area (Å²) in [7, 11) is 0. The summed E-state index contributed by atoms with van der Waals surface area (Å²) in [6, 6.07) is 7.79. The second-order valence-corrected chi connectivity index (χ2v) is 7.00. The molecule has 28 heavy (non-hydrogen) atoms. The van der Waals surface area contributed by atoms with Crippen LogP contribution < -0.4 is 5.32 Å². The third kappa shape index (κ3) is 3.22. The number of hydrogen-bond donors (Lipinski definition) is 3. The number of fused-ring (bicyclic) bond motifs is 1. The van der Waals surface area contributed by atoms with E-state index in [9.17, 15) is 23.1 Å². The van der Waals surface area contributed by atoms with Gasteiger partial charge in [-0.25, -0.2) is 4.98 Å². The highest BCUT2D eigenvalue weighted by Crippen LogP contribution is 2.37. The summed E-state index contributed by atoms with van der Waals surface area (Å²) >= 11 is 1.42. The minimum absolute atomic E-state index is 0.184. The van der Waals surface area contributed by atoms with Gasteiger partial charge in [-0.3, -0.25) is 9.20 Å². The van der Waals surface area contributed by atoms with Gasteiger partial charge in [0.1, 0.15) is 0 Å². The predicted molar refractivity (Wildman–Crippen MR) is 97.1 cm³/mol. The molecule has 6 nitrogen and oxygen atoms in total. The van der Waals surface area contributed by atoms with Crippen LogP contribution in [0.1, 0.15) is 20.9 Å². The third-order valence-electron chi connectivity index (χ3n) is 4.13. The Labute approximate surface area is 160 Å². The van der Waals surface area contributed by atoms with Crippen molar-refractivity contribution in [3.05, 3.63) is 64.2 Å². The van der Waals surface area contributed by atoms with Crippen molar-refractivity contribution in [1.82, 2.24) is 19.7 Å². The van der Waals surface area contributed by atoms with Gasteiger partial charge in [-0.1, -0.05) is 6.07 Å². The topological polar surface area (TPSA) is 82.4 Å². The Morgan fingerprint density at radius 3 is 2.79 bits per heavy atom. The number of aromatic hydroxyl groups is 1. The summed E-state index contributed by atoms with van der Waals surface area (Å²) in [6.45, 7) is 0.184. The van der Waals surface area contributed by atoms with E-state index in [1.165, 1.54) is 17.5 Å². The van der Waals surface area contributed by atoms with E-state index >= 15 is 0 Å². The summed E-state index contributed by atoms with van der Waals surface area (Å²) < 4.78 is 41.6. The molecular formula is C18H13F3N4O2S. The van der Waals surface area contributed by atoms with Gasteiger partial charge in [0.25, 0.3) is 5.91 Å². The molecule has 0 bridgehead atoms. The average Bonchev–Trinajstić information content (AvgIpc) is 3.40. The Hall–Kier alpha value is -3.27. The molecule has 0 aliphatic heterocycles. The zero-order chi connectivity index (χ0) is 19.9. The number of nitrogens with zero attached hydrogens (tertiary/aromatic N) is 2. The van der Waals surface area contributed by atoms with Gasteiger partial charge in [0.05, 0.1) is 12.1 Å². The summed E-state index contributed by atoms with van der Waals surface area (Å²) in [5.41, 5.74) is -1.42. The number of amides is 1. The first-order valence-electron chi connectivity index (χ1n) is 8.11. The lowest BCUT2D eigenvalue weighted by molar-refractivity contribution is -0.136. The van der Waals surface area contributed by atoms with Crippen LogP contribution >= 0.6 is 11.3 Å². The van der Waals surface area contributed by atoms with Crippen molar-refractivity contribution in [3.63, 3.8) is 0 Å². The van der Waals surface area contributed by atoms with Crippen molar-refractivity contribution in [1.29, 1.82) is 0 Å². The molecule has 0 spiro atoms. The fourth-order valence-electron chi connectivity index (χ4n) is 2.82. The van der Waals surface area contributed by atoms with Crippen LogP contribution in [0, 0.1) is 0 Å². The maximum Gasteiger partial charge on any atom is 0.420 e. The first-order chi connectivity index (χ1) is 13.3. The summed E-state index contributed by atoms with van der Waals surface area (Å²) in [5.74, 6) is -1.42. The number of halogens is 3. The molecule has 0 radical (unpaired) electrons. The fraction of sp³-hybridized carbons (Fsp3) is 0.111. The SMILES string of the molecule is O=C(NCc1cccs1)c1nc2c(C(F)(F)F)cc(-c3ccc[nH]3)cn2c1O. The first-order valence-corrected chi connectivity index (χ1v) is 8.99. The molecule has 4 aromatic rings. The van der Waals surface area contributed by atoms with E-state index in [1.54, 1.807) is 24.4 Å². The largest absolute Gasteiger partial charge is 0.492 e. The van der Waals surface area contributed by atoms with Gasteiger partial charge in [-0.2, -0.15) is 13.2 Å². The molecule has 0 saturated carbocycles. The number of carbonyl (C=O) groups excluding carboxylic acids is 1. The number of hydrogen-bond acceptors (Lipinski definition) is 4. The highest BCUT2D eigenvalue weighted by Gasteiger charge is 2.36. The van der Waals surface area contributed by atoms with Crippen LogP contribution in [0.3, 0.4) is 0 Å². The molecule has 4 rings (SSSR count). The number of alkyl halides is 3. The first kappa shape index (κ1) is 18.1. The quantitative estimate of drug-likeness (QED) is 0.478. The van der Waals surface area contributed by atoms with Crippen molar-refractivity contribution < 1.29 is 23.1 Å². The minimum Gasteiger partial charge on any atom is -0.492 e. The molecule has 0 fully saturated rings. The lowest BCUT2D eigenvalue weighted by Crippen LogP contribution is -2.22. The Morgan fingerprint density at radius 1 is 1.32 bits per heavy atom. The smallest absolute Gasteiger partial charge is 0.420 e. The number of imidazole rings is 1. The van der Waals surface area contributed by atoms with Gasteiger partial charge in [-0.15, -0.1) is 11.3 Å². The van der Waals surface area contributed by atoms with Crippen LogP contribution in [0.2, 0.25) is 0 Å². The Kier molecular flexibility index (Phi) is 4.34. The normalized spacial score (nSPS) is 11.8. The summed E-state index contributed by atoms with van der Waals surface area (Å²) in [6.07, 6.45) is -1.84. The standard InChI is InChI=1S/C18H13F3N4O2S/c19-18(20,21)12-7-10(13-4-1-5-22-13)9-25-15(12)24-14(17(25)27)16(26)23-8-11-3-2-6-28-11/h1-7,9,22,27H,8H2,(H,23,26). The van der Waals surface area contributed by atoms with Gasteiger partial charge in [-0.05, 0) is 29.6 Å². The zero-order valence-electron chi connectivity index (χ0n) is 14.1. The summed E-state index contributed by atoms with van der Waals surface area (Å²) in [5, 5.41) is 14.8. The van der Waals surface area contributed by atoms with Crippen LogP contribution in [0.4, 0.5) is 13.2 Å². The van der Waals surface area contributed by atoms with Crippen molar-refractivity contribution in [3.8, 4) is 17.1 Å². The number of pyridine rings is 1. The molecule has 10 heteroatoms. The second kappa shape index (κ2) is 6.71. The highest BCUT2D eigenvalue weighted by molar-refractivity contribution is 7.09. The van der Waals surface area contributed by atoms with Gasteiger partial charge >= 0.3 is 6.18 Å². The number of aromatic nitrogens is 3. The molecule has 144 valence electrons. The highest BCUT2D eigenvalue weighted by atomic mass is 32.1. The third-order valence-corrected chi connectivity index (χ3v) is 5.00. The van der Waals surface area contributed by atoms with Crippen LogP contribution in [-0.2, 0) is 12.7 Å². The molecule has 0 aliphatic rings. The Balaban J connectivity index is 1.79.